The standard InChI is InChI=1S/C15H17NO3/c1-3-18-14(17)10-9-13-11(2)16-15(19-13)12-7-5-4-6-8-12/h4-11,13H,3H2,1-2H3/b10-9+/t11-,13-/m1/s1. The van der Waals surface area contributed by atoms with Crippen molar-refractivity contribution in [2.45, 2.75) is 26.0 Å². The monoisotopic (exact) mass is 259 g/mol. The van der Waals surface area contributed by atoms with E-state index in [1.54, 1.807) is 13.0 Å². The minimum absolute atomic E-state index is 0.0131. The summed E-state index contributed by atoms with van der Waals surface area (Å²) in [5.41, 5.74) is 0.946. The van der Waals surface area contributed by atoms with Crippen LogP contribution in [-0.2, 0) is 14.3 Å². The molecule has 4 nitrogen and oxygen atoms in total. The van der Waals surface area contributed by atoms with Crippen LogP contribution < -0.4 is 0 Å². The molecule has 0 aliphatic carbocycles. The van der Waals surface area contributed by atoms with Gasteiger partial charge in [-0.2, -0.15) is 0 Å². The first-order chi connectivity index (χ1) is 9.20. The predicted molar refractivity (Wildman–Crippen MR) is 73.1 cm³/mol. The first-order valence-corrected chi connectivity index (χ1v) is 6.35. The maximum Gasteiger partial charge on any atom is 0.330 e. The molecule has 0 N–H and O–H groups in total. The van der Waals surface area contributed by atoms with Crippen LogP contribution >= 0.6 is 0 Å². The minimum Gasteiger partial charge on any atom is -0.468 e. The molecular formula is C15H17NO3. The highest BCUT2D eigenvalue weighted by atomic mass is 16.5. The van der Waals surface area contributed by atoms with Crippen LogP contribution in [0.3, 0.4) is 0 Å². The molecule has 1 aliphatic rings. The Kier molecular flexibility index (Phi) is 4.34. The van der Waals surface area contributed by atoms with Crippen molar-refractivity contribution in [2.75, 3.05) is 6.61 Å². The van der Waals surface area contributed by atoms with Crippen molar-refractivity contribution in [1.82, 2.24) is 0 Å². The summed E-state index contributed by atoms with van der Waals surface area (Å²) in [6.45, 7) is 4.10. The highest BCUT2D eigenvalue weighted by molar-refractivity contribution is 5.95. The van der Waals surface area contributed by atoms with Gasteiger partial charge in [0.05, 0.1) is 12.6 Å². The number of aliphatic imine (C=N–C) groups is 1. The topological polar surface area (TPSA) is 47.9 Å². The molecule has 1 aromatic carbocycles. The van der Waals surface area contributed by atoms with Crippen LogP contribution in [0.25, 0.3) is 0 Å². The van der Waals surface area contributed by atoms with E-state index in [9.17, 15) is 4.79 Å². The Morgan fingerprint density at radius 2 is 2.16 bits per heavy atom. The fourth-order valence-corrected chi connectivity index (χ4v) is 1.80. The molecule has 1 aromatic rings. The van der Waals surface area contributed by atoms with Gasteiger partial charge < -0.3 is 9.47 Å². The molecule has 4 heteroatoms. The number of hydrogen-bond donors (Lipinski definition) is 0. The van der Waals surface area contributed by atoms with Crippen LogP contribution in [0, 0.1) is 0 Å². The van der Waals surface area contributed by atoms with Crippen LogP contribution in [0.15, 0.2) is 47.5 Å². The van der Waals surface area contributed by atoms with Gasteiger partial charge >= 0.3 is 5.97 Å². The van der Waals surface area contributed by atoms with Crippen molar-refractivity contribution in [2.24, 2.45) is 4.99 Å². The number of benzene rings is 1. The van der Waals surface area contributed by atoms with E-state index in [1.807, 2.05) is 37.3 Å². The number of ether oxygens (including phenoxy) is 2. The van der Waals surface area contributed by atoms with Crippen molar-refractivity contribution in [3.8, 4) is 0 Å². The number of esters is 1. The Labute approximate surface area is 112 Å². The highest BCUT2D eigenvalue weighted by Crippen LogP contribution is 2.18. The number of rotatable bonds is 4. The molecule has 1 aliphatic heterocycles. The van der Waals surface area contributed by atoms with E-state index in [0.717, 1.165) is 5.56 Å². The number of nitrogens with zero attached hydrogens (tertiary/aromatic N) is 1. The molecule has 0 bridgehead atoms. The van der Waals surface area contributed by atoms with Crippen LogP contribution in [-0.4, -0.2) is 30.6 Å². The summed E-state index contributed by atoms with van der Waals surface area (Å²) < 4.78 is 10.6. The highest BCUT2D eigenvalue weighted by Gasteiger charge is 2.26. The fourth-order valence-electron chi connectivity index (χ4n) is 1.80. The first kappa shape index (κ1) is 13.3. The second-order valence-corrected chi connectivity index (χ2v) is 4.23. The van der Waals surface area contributed by atoms with Crippen molar-refractivity contribution < 1.29 is 14.3 Å². The van der Waals surface area contributed by atoms with Crippen LogP contribution in [0.1, 0.15) is 19.4 Å². The lowest BCUT2D eigenvalue weighted by Crippen LogP contribution is -2.17. The summed E-state index contributed by atoms with van der Waals surface area (Å²) in [6.07, 6.45) is 2.87. The average Bonchev–Trinajstić information content (AvgIpc) is 2.79. The number of carbonyl (C=O) groups excluding carboxylic acids is 1. The van der Waals surface area contributed by atoms with Crippen LogP contribution in [0.5, 0.6) is 0 Å². The van der Waals surface area contributed by atoms with Gasteiger partial charge in [0.15, 0.2) is 0 Å². The first-order valence-electron chi connectivity index (χ1n) is 6.35. The number of hydrogen-bond acceptors (Lipinski definition) is 4. The second-order valence-electron chi connectivity index (χ2n) is 4.23. The molecule has 19 heavy (non-hydrogen) atoms. The molecule has 0 radical (unpaired) electrons. The van der Waals surface area contributed by atoms with E-state index in [0.29, 0.717) is 12.5 Å². The quantitative estimate of drug-likeness (QED) is 0.616. The van der Waals surface area contributed by atoms with Gasteiger partial charge in [0.25, 0.3) is 0 Å². The maximum atomic E-state index is 11.3. The van der Waals surface area contributed by atoms with Crippen molar-refractivity contribution >= 4 is 11.9 Å². The van der Waals surface area contributed by atoms with Crippen LogP contribution in [0.2, 0.25) is 0 Å². The summed E-state index contributed by atoms with van der Waals surface area (Å²) in [6, 6.07) is 9.70. The lowest BCUT2D eigenvalue weighted by Gasteiger charge is -2.09. The van der Waals surface area contributed by atoms with E-state index in [1.165, 1.54) is 6.08 Å². The third-order valence-electron chi connectivity index (χ3n) is 2.77. The molecule has 2 rings (SSSR count). The van der Waals surface area contributed by atoms with Crippen LogP contribution in [0.4, 0.5) is 0 Å². The lowest BCUT2D eigenvalue weighted by atomic mass is 10.2. The smallest absolute Gasteiger partial charge is 0.330 e. The third kappa shape index (κ3) is 3.44. The normalized spacial score (nSPS) is 22.1. The number of carbonyl (C=O) groups is 1. The SMILES string of the molecule is CCOC(=O)/C=C/[C@H]1OC(c2ccccc2)=N[C@@H]1C. The van der Waals surface area contributed by atoms with Crippen molar-refractivity contribution in [1.29, 1.82) is 0 Å². The third-order valence-corrected chi connectivity index (χ3v) is 2.77. The zero-order valence-electron chi connectivity index (χ0n) is 11.1. The van der Waals surface area contributed by atoms with E-state index in [-0.39, 0.29) is 18.1 Å². The van der Waals surface area contributed by atoms with Gasteiger partial charge in [-0.3, -0.25) is 0 Å². The summed E-state index contributed by atoms with van der Waals surface area (Å²) in [7, 11) is 0. The predicted octanol–water partition coefficient (Wildman–Crippen LogP) is 2.34. The maximum absolute atomic E-state index is 11.3. The molecule has 0 aromatic heterocycles. The minimum atomic E-state index is -0.355. The summed E-state index contributed by atoms with van der Waals surface area (Å²) in [4.78, 5) is 15.7. The molecular weight excluding hydrogens is 242 g/mol. The molecule has 100 valence electrons. The summed E-state index contributed by atoms with van der Waals surface area (Å²) >= 11 is 0. The Morgan fingerprint density at radius 1 is 1.42 bits per heavy atom. The Hall–Kier alpha value is -2.10. The largest absolute Gasteiger partial charge is 0.468 e. The Bertz CT molecular complexity index is 493. The molecule has 2 atom stereocenters. The Morgan fingerprint density at radius 3 is 2.84 bits per heavy atom. The van der Waals surface area contributed by atoms with Crippen molar-refractivity contribution in [3.63, 3.8) is 0 Å². The molecule has 1 heterocycles. The van der Waals surface area contributed by atoms with Crippen molar-refractivity contribution in [3.05, 3.63) is 48.0 Å². The summed E-state index contributed by atoms with van der Waals surface area (Å²) in [5.74, 6) is 0.262. The molecule has 0 saturated carbocycles. The average molecular weight is 259 g/mol. The van der Waals surface area contributed by atoms with Gasteiger partial charge in [-0.15, -0.1) is 0 Å². The van der Waals surface area contributed by atoms with Gasteiger partial charge in [0.1, 0.15) is 6.10 Å². The molecule has 0 saturated heterocycles. The van der Waals surface area contributed by atoms with E-state index >= 15 is 0 Å². The lowest BCUT2D eigenvalue weighted by molar-refractivity contribution is -0.137. The Balaban J connectivity index is 2.00. The summed E-state index contributed by atoms with van der Waals surface area (Å²) in [5, 5.41) is 0. The van der Waals surface area contributed by atoms with Gasteiger partial charge in [-0.1, -0.05) is 18.2 Å². The molecule has 0 spiro atoms. The zero-order chi connectivity index (χ0) is 13.7. The van der Waals surface area contributed by atoms with Gasteiger partial charge in [-0.05, 0) is 32.1 Å². The van der Waals surface area contributed by atoms with Gasteiger partial charge in [0.2, 0.25) is 5.90 Å². The molecule has 0 unspecified atom stereocenters. The zero-order valence-corrected chi connectivity index (χ0v) is 11.1. The van der Waals surface area contributed by atoms with E-state index in [2.05, 4.69) is 4.99 Å². The molecule has 0 amide bonds. The van der Waals surface area contributed by atoms with E-state index in [4.69, 9.17) is 9.47 Å². The van der Waals surface area contributed by atoms with E-state index < -0.39 is 0 Å². The second kappa shape index (κ2) is 6.18. The fraction of sp³-hybridized carbons (Fsp3) is 0.333. The van der Waals surface area contributed by atoms with Gasteiger partial charge in [0, 0.05) is 11.6 Å². The van der Waals surface area contributed by atoms with Gasteiger partial charge in [-0.25, -0.2) is 9.79 Å². The molecule has 0 fully saturated rings.